The van der Waals surface area contributed by atoms with Gasteiger partial charge in [0.05, 0.1) is 14.9 Å². The Kier molecular flexibility index (Phi) is 9.68. The van der Waals surface area contributed by atoms with E-state index < -0.39 is 10.0 Å². The van der Waals surface area contributed by atoms with Gasteiger partial charge in [-0.1, -0.05) is 41.3 Å². The van der Waals surface area contributed by atoms with Gasteiger partial charge in [-0.3, -0.25) is 4.57 Å². The average molecular weight is 529 g/mol. The zero-order valence-corrected chi connectivity index (χ0v) is 21.4. The lowest BCUT2D eigenvalue weighted by Gasteiger charge is -2.13. The van der Waals surface area contributed by atoms with Crippen LogP contribution in [-0.4, -0.2) is 48.2 Å². The lowest BCUT2D eigenvalue weighted by atomic mass is 10.3. The van der Waals surface area contributed by atoms with Crippen LogP contribution < -0.4 is 15.2 Å². The third-order valence-electron chi connectivity index (χ3n) is 4.35. The van der Waals surface area contributed by atoms with Gasteiger partial charge in [0.15, 0.2) is 0 Å². The molecule has 0 fully saturated rings. The molecule has 34 heavy (non-hydrogen) atoms. The normalized spacial score (nSPS) is 10.8. The summed E-state index contributed by atoms with van der Waals surface area (Å²) in [6.07, 6.45) is 0.795. The molecule has 0 saturated heterocycles. The predicted octanol–water partition coefficient (Wildman–Crippen LogP) is 4.39. The molecule has 0 radical (unpaired) electrons. The van der Waals surface area contributed by atoms with Crippen molar-refractivity contribution < 1.29 is 17.9 Å². The maximum Gasteiger partial charge on any atom is 0.322 e. The molecular formula is C21H26Cl2N6O4S. The van der Waals surface area contributed by atoms with Gasteiger partial charge in [0.1, 0.15) is 11.6 Å². The van der Waals surface area contributed by atoms with Crippen molar-refractivity contribution in [1.82, 2.24) is 19.7 Å². The van der Waals surface area contributed by atoms with Crippen molar-refractivity contribution in [3.63, 3.8) is 0 Å². The Balaban J connectivity index is 0.000000287. The smallest absolute Gasteiger partial charge is 0.322 e. The van der Waals surface area contributed by atoms with Crippen molar-refractivity contribution in [3.8, 4) is 11.8 Å². The van der Waals surface area contributed by atoms with Gasteiger partial charge in [-0.15, -0.1) is 5.10 Å². The Labute approximate surface area is 208 Å². The molecule has 2 aromatic carbocycles. The van der Waals surface area contributed by atoms with Gasteiger partial charge in [0, 0.05) is 38.8 Å². The largest absolute Gasteiger partial charge is 0.424 e. The number of ether oxygens (including phenoxy) is 1. The molecule has 3 aromatic rings. The number of benzene rings is 2. The highest BCUT2D eigenvalue weighted by Gasteiger charge is 2.12. The second-order valence-electron chi connectivity index (χ2n) is 7.07. The maximum atomic E-state index is 11.7. The van der Waals surface area contributed by atoms with E-state index in [0.29, 0.717) is 22.5 Å². The van der Waals surface area contributed by atoms with Crippen LogP contribution in [0.4, 0.5) is 10.5 Å². The molecule has 0 bridgehead atoms. The van der Waals surface area contributed by atoms with Gasteiger partial charge in [-0.05, 0) is 37.3 Å². The van der Waals surface area contributed by atoms with Gasteiger partial charge in [0.2, 0.25) is 10.0 Å². The number of anilines is 1. The van der Waals surface area contributed by atoms with E-state index in [0.717, 1.165) is 18.8 Å². The van der Waals surface area contributed by atoms with Gasteiger partial charge < -0.3 is 15.0 Å². The number of nitrogens with one attached hydrogen (secondary N) is 1. The number of hydrogen-bond acceptors (Lipinski definition) is 6. The topological polar surface area (TPSA) is 132 Å². The van der Waals surface area contributed by atoms with Crippen LogP contribution in [0.1, 0.15) is 19.7 Å². The number of urea groups is 1. The second kappa shape index (κ2) is 12.0. The monoisotopic (exact) mass is 528 g/mol. The highest BCUT2D eigenvalue weighted by molar-refractivity contribution is 7.89. The molecule has 13 heteroatoms. The maximum absolute atomic E-state index is 11.7. The zero-order chi connectivity index (χ0) is 25.5. The molecular weight excluding hydrogens is 503 g/mol. The number of sulfonamides is 1. The van der Waals surface area contributed by atoms with Crippen molar-refractivity contribution in [3.05, 3.63) is 58.3 Å². The number of nitrogens with two attached hydrogens (primary N) is 1. The fourth-order valence-corrected chi connectivity index (χ4v) is 3.51. The quantitative estimate of drug-likeness (QED) is 0.487. The summed E-state index contributed by atoms with van der Waals surface area (Å²) in [5, 5.41) is 16.3. The van der Waals surface area contributed by atoms with Crippen LogP contribution in [0.25, 0.3) is 0 Å². The molecule has 3 N–H and O–H groups in total. The summed E-state index contributed by atoms with van der Waals surface area (Å²) in [5.41, 5.74) is 0.662. The fourth-order valence-electron chi connectivity index (χ4n) is 2.61. The molecule has 2 amide bonds. The van der Waals surface area contributed by atoms with Crippen molar-refractivity contribution in [2.75, 3.05) is 19.4 Å². The molecule has 3 rings (SSSR count). The Hall–Kier alpha value is -2.86. The molecule has 1 heterocycles. The summed E-state index contributed by atoms with van der Waals surface area (Å²) in [4.78, 5) is 13.1. The van der Waals surface area contributed by atoms with Gasteiger partial charge in [-0.2, -0.15) is 0 Å². The van der Waals surface area contributed by atoms with Crippen LogP contribution in [0.3, 0.4) is 0 Å². The van der Waals surface area contributed by atoms with Crippen molar-refractivity contribution in [2.45, 2.75) is 31.7 Å². The SMILES string of the molecule is CCc1nnc(Oc2cccc(NC(=O)N(C)C)c2)n1CC.NS(=O)(=O)c1ccc(Cl)c(Cl)c1. The summed E-state index contributed by atoms with van der Waals surface area (Å²) in [6, 6.07) is 11.3. The summed E-state index contributed by atoms with van der Waals surface area (Å²) >= 11 is 11.1. The number of hydrogen-bond donors (Lipinski definition) is 2. The second-order valence-corrected chi connectivity index (χ2v) is 9.45. The number of aromatic nitrogens is 3. The molecule has 0 aliphatic rings. The minimum Gasteiger partial charge on any atom is -0.424 e. The van der Waals surface area contributed by atoms with E-state index in [9.17, 15) is 13.2 Å². The third kappa shape index (κ3) is 7.59. The number of amides is 2. The molecule has 0 saturated carbocycles. The van der Waals surface area contributed by atoms with Crippen LogP contribution in [0.5, 0.6) is 11.8 Å². The minimum absolute atomic E-state index is 0.0445. The van der Waals surface area contributed by atoms with E-state index in [1.54, 1.807) is 26.2 Å². The van der Waals surface area contributed by atoms with E-state index in [2.05, 4.69) is 15.5 Å². The summed E-state index contributed by atoms with van der Waals surface area (Å²) < 4.78 is 29.3. The average Bonchev–Trinajstić information content (AvgIpc) is 3.17. The Morgan fingerprint density at radius 3 is 2.38 bits per heavy atom. The van der Waals surface area contributed by atoms with Gasteiger partial charge in [-0.25, -0.2) is 18.4 Å². The number of carbonyl (C=O) groups is 1. The molecule has 184 valence electrons. The molecule has 0 atom stereocenters. The van der Waals surface area contributed by atoms with E-state index >= 15 is 0 Å². The predicted molar refractivity (Wildman–Crippen MR) is 132 cm³/mol. The van der Waals surface area contributed by atoms with Crippen molar-refractivity contribution in [1.29, 1.82) is 0 Å². The lowest BCUT2D eigenvalue weighted by Crippen LogP contribution is -2.27. The van der Waals surface area contributed by atoms with Crippen LogP contribution in [0.2, 0.25) is 10.0 Å². The van der Waals surface area contributed by atoms with Crippen LogP contribution in [0.15, 0.2) is 47.4 Å². The first-order valence-corrected chi connectivity index (χ1v) is 12.4. The molecule has 0 unspecified atom stereocenters. The van der Waals surface area contributed by atoms with Crippen LogP contribution in [0, 0.1) is 0 Å². The Morgan fingerprint density at radius 2 is 1.82 bits per heavy atom. The molecule has 0 spiro atoms. The minimum atomic E-state index is -3.69. The summed E-state index contributed by atoms with van der Waals surface area (Å²) in [7, 11) is -0.313. The molecule has 0 aliphatic heterocycles. The van der Waals surface area contributed by atoms with Gasteiger partial charge in [0.25, 0.3) is 0 Å². The summed E-state index contributed by atoms with van der Waals surface area (Å²) in [5.74, 6) is 1.48. The van der Waals surface area contributed by atoms with E-state index in [1.165, 1.54) is 23.1 Å². The van der Waals surface area contributed by atoms with Crippen molar-refractivity contribution >= 4 is 44.9 Å². The lowest BCUT2D eigenvalue weighted by molar-refractivity contribution is 0.230. The third-order valence-corrected chi connectivity index (χ3v) is 6.00. The first-order chi connectivity index (χ1) is 16.0. The summed E-state index contributed by atoms with van der Waals surface area (Å²) in [6.45, 7) is 4.78. The molecule has 10 nitrogen and oxygen atoms in total. The first kappa shape index (κ1) is 27.4. The van der Waals surface area contributed by atoms with E-state index in [-0.39, 0.29) is 15.9 Å². The zero-order valence-electron chi connectivity index (χ0n) is 19.1. The van der Waals surface area contributed by atoms with E-state index in [1.807, 2.05) is 30.5 Å². The first-order valence-electron chi connectivity index (χ1n) is 10.1. The van der Waals surface area contributed by atoms with Crippen LogP contribution >= 0.6 is 23.2 Å². The number of rotatable bonds is 6. The standard InChI is InChI=1S/C15H21N5O2.C6H5Cl2NO2S/c1-5-13-17-18-15(20(13)6-2)22-12-9-7-8-11(10-12)16-14(21)19(3)4;7-5-2-1-4(3-6(5)8)12(9,10)11/h7-10H,5-6H2,1-4H3,(H,16,21);1-3H,(H2,9,10,11). The van der Waals surface area contributed by atoms with Crippen LogP contribution in [-0.2, 0) is 23.0 Å². The fraction of sp³-hybridized carbons (Fsp3) is 0.286. The highest BCUT2D eigenvalue weighted by Crippen LogP contribution is 2.25. The number of nitrogens with zero attached hydrogens (tertiary/aromatic N) is 4. The highest BCUT2D eigenvalue weighted by atomic mass is 35.5. The number of primary sulfonamides is 1. The van der Waals surface area contributed by atoms with Crippen molar-refractivity contribution in [2.24, 2.45) is 5.14 Å². The molecule has 1 aromatic heterocycles. The van der Waals surface area contributed by atoms with E-state index in [4.69, 9.17) is 33.1 Å². The number of halogens is 2. The number of carbonyl (C=O) groups excluding carboxylic acids is 1. The number of aryl methyl sites for hydroxylation is 1. The molecule has 0 aliphatic carbocycles. The Morgan fingerprint density at radius 1 is 1.12 bits per heavy atom. The Bertz CT molecular complexity index is 1250. The van der Waals surface area contributed by atoms with Gasteiger partial charge >= 0.3 is 12.0 Å².